The van der Waals surface area contributed by atoms with Crippen molar-refractivity contribution in [2.24, 2.45) is 5.92 Å². The molecule has 1 saturated heterocycles. The summed E-state index contributed by atoms with van der Waals surface area (Å²) in [5.74, 6) is 0.315. The first-order chi connectivity index (χ1) is 12.2. The van der Waals surface area contributed by atoms with Crippen molar-refractivity contribution in [3.8, 4) is 0 Å². The topological polar surface area (TPSA) is 58.4 Å². The molecule has 136 valence electrons. The lowest BCUT2D eigenvalue weighted by atomic mass is 9.95. The number of carbonyl (C=O) groups is 1. The molecule has 5 heteroatoms. The number of aromatic nitrogens is 1. The predicted octanol–water partition coefficient (Wildman–Crippen LogP) is 4.13. The summed E-state index contributed by atoms with van der Waals surface area (Å²) in [6.45, 7) is 5.94. The van der Waals surface area contributed by atoms with E-state index in [0.29, 0.717) is 6.01 Å². The Hall–Kier alpha value is -2.04. The Bertz CT molecular complexity index is 656. The van der Waals surface area contributed by atoms with Gasteiger partial charge in [-0.25, -0.2) is 0 Å². The molecule has 5 nitrogen and oxygen atoms in total. The monoisotopic (exact) mass is 343 g/mol. The van der Waals surface area contributed by atoms with Gasteiger partial charge in [0, 0.05) is 25.0 Å². The second-order valence-corrected chi connectivity index (χ2v) is 7.13. The summed E-state index contributed by atoms with van der Waals surface area (Å²) < 4.78 is 5.84. The number of hydrogen-bond acceptors (Lipinski definition) is 4. The number of piperidine rings is 1. The van der Waals surface area contributed by atoms with Gasteiger partial charge in [-0.15, -0.1) is 0 Å². The summed E-state index contributed by atoms with van der Waals surface area (Å²) in [4.78, 5) is 19.2. The van der Waals surface area contributed by atoms with Gasteiger partial charge in [-0.05, 0) is 38.3 Å². The molecule has 2 heterocycles. The lowest BCUT2D eigenvalue weighted by Crippen LogP contribution is -2.43. The van der Waals surface area contributed by atoms with E-state index in [2.05, 4.69) is 29.0 Å². The molecule has 2 aromatic rings. The minimum atomic E-state index is 0.106. The van der Waals surface area contributed by atoms with Crippen molar-refractivity contribution in [3.63, 3.8) is 0 Å². The maximum Gasteiger partial charge on any atom is 0.298 e. The number of unbranched alkanes of at least 4 members (excludes halogenated alkanes) is 2. The Morgan fingerprint density at radius 3 is 2.80 bits per heavy atom. The van der Waals surface area contributed by atoms with Gasteiger partial charge in [0.1, 0.15) is 5.52 Å². The van der Waals surface area contributed by atoms with Crippen molar-refractivity contribution in [3.05, 3.63) is 24.3 Å². The van der Waals surface area contributed by atoms with Crippen molar-refractivity contribution < 1.29 is 9.21 Å². The number of carbonyl (C=O) groups excluding carboxylic acids is 1. The molecule has 25 heavy (non-hydrogen) atoms. The highest BCUT2D eigenvalue weighted by atomic mass is 16.4. The number of amides is 1. The van der Waals surface area contributed by atoms with Crippen molar-refractivity contribution in [2.45, 2.75) is 58.4 Å². The molecular weight excluding hydrogens is 314 g/mol. The first-order valence-corrected chi connectivity index (χ1v) is 9.58. The van der Waals surface area contributed by atoms with Gasteiger partial charge in [-0.3, -0.25) is 4.79 Å². The molecule has 0 bridgehead atoms. The van der Waals surface area contributed by atoms with Gasteiger partial charge in [0.25, 0.3) is 6.01 Å². The van der Waals surface area contributed by atoms with Crippen LogP contribution in [0.2, 0.25) is 0 Å². The molecule has 1 unspecified atom stereocenters. The maximum atomic E-state index is 12.5. The molecule has 1 atom stereocenters. The third-order valence-electron chi connectivity index (χ3n) is 5.05. The van der Waals surface area contributed by atoms with Crippen LogP contribution in [0.1, 0.15) is 52.4 Å². The highest BCUT2D eigenvalue weighted by molar-refractivity contribution is 5.79. The van der Waals surface area contributed by atoms with Crippen LogP contribution in [0.5, 0.6) is 0 Å². The number of nitrogens with one attached hydrogen (secondary N) is 1. The molecule has 0 aliphatic carbocycles. The summed E-state index contributed by atoms with van der Waals surface area (Å²) in [7, 11) is 0. The van der Waals surface area contributed by atoms with Gasteiger partial charge in [-0.1, -0.05) is 38.3 Å². The van der Waals surface area contributed by atoms with Crippen molar-refractivity contribution in [2.75, 3.05) is 18.0 Å². The standard InChI is InChI=1S/C20H29N3O2/c1-3-4-5-8-15(2)21-19(24)16-11-13-23(14-12-16)20-22-17-9-6-7-10-18(17)25-20/h6-7,9-10,15-16H,3-5,8,11-14H2,1-2H3,(H,21,24). The number of benzene rings is 1. The lowest BCUT2D eigenvalue weighted by Gasteiger charge is -2.30. The average Bonchev–Trinajstić information content (AvgIpc) is 3.06. The third kappa shape index (κ3) is 4.53. The Kier molecular flexibility index (Phi) is 5.95. The second-order valence-electron chi connectivity index (χ2n) is 7.13. The van der Waals surface area contributed by atoms with Crippen molar-refractivity contribution in [1.29, 1.82) is 0 Å². The smallest absolute Gasteiger partial charge is 0.298 e. The zero-order chi connectivity index (χ0) is 17.6. The highest BCUT2D eigenvalue weighted by Crippen LogP contribution is 2.26. The largest absolute Gasteiger partial charge is 0.423 e. The van der Waals surface area contributed by atoms with E-state index in [0.717, 1.165) is 43.5 Å². The molecule has 3 rings (SSSR count). The van der Waals surface area contributed by atoms with E-state index in [4.69, 9.17) is 4.42 Å². The van der Waals surface area contributed by atoms with Crippen LogP contribution in [-0.4, -0.2) is 30.0 Å². The number of nitrogens with zero attached hydrogens (tertiary/aromatic N) is 2. The van der Waals surface area contributed by atoms with Crippen LogP contribution in [-0.2, 0) is 4.79 Å². The third-order valence-corrected chi connectivity index (χ3v) is 5.05. The zero-order valence-electron chi connectivity index (χ0n) is 15.3. The van der Waals surface area contributed by atoms with Crippen LogP contribution in [0.15, 0.2) is 28.7 Å². The van der Waals surface area contributed by atoms with E-state index in [-0.39, 0.29) is 17.9 Å². The van der Waals surface area contributed by atoms with Crippen molar-refractivity contribution >= 4 is 23.0 Å². The molecule has 0 spiro atoms. The molecular formula is C20H29N3O2. The SMILES string of the molecule is CCCCCC(C)NC(=O)C1CCN(c2nc3ccccc3o2)CC1. The van der Waals surface area contributed by atoms with E-state index in [1.165, 1.54) is 19.3 Å². The van der Waals surface area contributed by atoms with Crippen LogP contribution in [0, 0.1) is 5.92 Å². The first-order valence-electron chi connectivity index (χ1n) is 9.58. The van der Waals surface area contributed by atoms with Gasteiger partial charge in [0.2, 0.25) is 5.91 Å². The average molecular weight is 343 g/mol. The van der Waals surface area contributed by atoms with Crippen LogP contribution in [0.25, 0.3) is 11.1 Å². The van der Waals surface area contributed by atoms with Crippen LogP contribution >= 0.6 is 0 Å². The quantitative estimate of drug-likeness (QED) is 0.768. The van der Waals surface area contributed by atoms with Crippen LogP contribution in [0.4, 0.5) is 6.01 Å². The molecule has 1 amide bonds. The summed E-state index contributed by atoms with van der Waals surface area (Å²) in [5, 5.41) is 3.19. The maximum absolute atomic E-state index is 12.5. The Morgan fingerprint density at radius 1 is 1.32 bits per heavy atom. The fourth-order valence-electron chi connectivity index (χ4n) is 3.46. The molecule has 1 N–H and O–H groups in total. The Balaban J connectivity index is 1.48. The zero-order valence-corrected chi connectivity index (χ0v) is 15.3. The van der Waals surface area contributed by atoms with E-state index in [1.807, 2.05) is 24.3 Å². The predicted molar refractivity (Wildman–Crippen MR) is 101 cm³/mol. The van der Waals surface area contributed by atoms with Crippen LogP contribution in [0.3, 0.4) is 0 Å². The number of oxazole rings is 1. The van der Waals surface area contributed by atoms with Gasteiger partial charge < -0.3 is 14.6 Å². The number of hydrogen-bond donors (Lipinski definition) is 1. The normalized spacial score (nSPS) is 17.0. The number of rotatable bonds is 7. The summed E-state index contributed by atoms with van der Waals surface area (Å²) >= 11 is 0. The molecule has 1 aliphatic rings. The minimum absolute atomic E-state index is 0.106. The van der Waals surface area contributed by atoms with E-state index in [1.54, 1.807) is 0 Å². The molecule has 0 saturated carbocycles. The van der Waals surface area contributed by atoms with E-state index in [9.17, 15) is 4.79 Å². The molecule has 1 aliphatic heterocycles. The fourth-order valence-corrected chi connectivity index (χ4v) is 3.46. The highest BCUT2D eigenvalue weighted by Gasteiger charge is 2.27. The van der Waals surface area contributed by atoms with Crippen LogP contribution < -0.4 is 10.2 Å². The number of fused-ring (bicyclic) bond motifs is 1. The molecule has 0 radical (unpaired) electrons. The summed E-state index contributed by atoms with van der Waals surface area (Å²) in [6.07, 6.45) is 6.42. The summed E-state index contributed by atoms with van der Waals surface area (Å²) in [5.41, 5.74) is 1.71. The molecule has 1 aromatic heterocycles. The fraction of sp³-hybridized carbons (Fsp3) is 0.600. The lowest BCUT2D eigenvalue weighted by molar-refractivity contribution is -0.126. The second kappa shape index (κ2) is 8.37. The van der Waals surface area contributed by atoms with E-state index < -0.39 is 0 Å². The van der Waals surface area contributed by atoms with Gasteiger partial charge in [0.05, 0.1) is 0 Å². The number of para-hydroxylation sites is 2. The number of anilines is 1. The molecule has 1 aromatic carbocycles. The van der Waals surface area contributed by atoms with E-state index >= 15 is 0 Å². The summed E-state index contributed by atoms with van der Waals surface area (Å²) in [6, 6.07) is 8.76. The van der Waals surface area contributed by atoms with Gasteiger partial charge in [-0.2, -0.15) is 4.98 Å². The van der Waals surface area contributed by atoms with Gasteiger partial charge in [0.15, 0.2) is 5.58 Å². The Labute approximate surface area is 149 Å². The van der Waals surface area contributed by atoms with Crippen molar-refractivity contribution in [1.82, 2.24) is 10.3 Å². The molecule has 1 fully saturated rings. The Morgan fingerprint density at radius 2 is 2.08 bits per heavy atom. The first kappa shape index (κ1) is 17.8. The minimum Gasteiger partial charge on any atom is -0.423 e. The van der Waals surface area contributed by atoms with Gasteiger partial charge >= 0.3 is 0 Å².